The summed E-state index contributed by atoms with van der Waals surface area (Å²) >= 11 is 0. The summed E-state index contributed by atoms with van der Waals surface area (Å²) in [6, 6.07) is 5.05. The summed E-state index contributed by atoms with van der Waals surface area (Å²) in [5, 5.41) is 2.55. The van der Waals surface area contributed by atoms with Crippen molar-refractivity contribution in [2.24, 2.45) is 5.18 Å². The molecule has 6 nitrogen and oxygen atoms in total. The van der Waals surface area contributed by atoms with Gasteiger partial charge in [-0.25, -0.2) is 0 Å². The number of anilines is 1. The predicted octanol–water partition coefficient (Wildman–Crippen LogP) is 0.675. The van der Waals surface area contributed by atoms with Crippen LogP contribution < -0.4 is 11.3 Å². The smallest absolute Gasteiger partial charge is 0.304 e. The van der Waals surface area contributed by atoms with Gasteiger partial charge in [0.2, 0.25) is 5.69 Å². The van der Waals surface area contributed by atoms with E-state index >= 15 is 0 Å². The fourth-order valence-corrected chi connectivity index (χ4v) is 1.20. The molecule has 0 spiro atoms. The van der Waals surface area contributed by atoms with Crippen LogP contribution in [0.15, 0.2) is 34.4 Å². The molecule has 0 fully saturated rings. The Morgan fingerprint density at radius 3 is 2.93 bits per heavy atom. The molecule has 2 aromatic rings. The highest BCUT2D eigenvalue weighted by Gasteiger charge is 2.09. The van der Waals surface area contributed by atoms with Gasteiger partial charge in [0.1, 0.15) is 11.5 Å². The van der Waals surface area contributed by atoms with Crippen molar-refractivity contribution in [3.63, 3.8) is 0 Å². The third-order valence-electron chi connectivity index (χ3n) is 1.85. The molecule has 0 aliphatic carbocycles. The number of nitroso groups, excluding NO2 is 1. The maximum absolute atomic E-state index is 11.2. The topological polar surface area (TPSA) is 89.8 Å². The minimum Gasteiger partial charge on any atom is -0.383 e. The molecular formula is C8H6N4O2. The Bertz CT molecular complexity index is 561. The third kappa shape index (κ3) is 1.05. The molecule has 0 radical (unpaired) electrons. The first-order valence-electron chi connectivity index (χ1n) is 3.84. The highest BCUT2D eigenvalue weighted by molar-refractivity contribution is 5.61. The van der Waals surface area contributed by atoms with Gasteiger partial charge in [0.25, 0.3) is 0 Å². The van der Waals surface area contributed by atoms with E-state index < -0.39 is 5.56 Å². The first kappa shape index (κ1) is 8.36. The Balaban J connectivity index is 3.00. The molecule has 2 N–H and O–H groups in total. The number of hydrogen-bond acceptors (Lipinski definition) is 5. The summed E-state index contributed by atoms with van der Waals surface area (Å²) in [6.45, 7) is 0. The number of nitrogens with zero attached hydrogens (tertiary/aromatic N) is 3. The van der Waals surface area contributed by atoms with Gasteiger partial charge >= 0.3 is 5.56 Å². The molecule has 0 aliphatic heterocycles. The molecular weight excluding hydrogens is 184 g/mol. The number of nitrogens with two attached hydrogens (primary N) is 1. The summed E-state index contributed by atoms with van der Waals surface area (Å²) in [6.07, 6.45) is 1.60. The molecule has 0 bridgehead atoms. The van der Waals surface area contributed by atoms with Crippen molar-refractivity contribution in [1.82, 2.24) is 9.38 Å². The normalized spacial score (nSPS) is 10.3. The summed E-state index contributed by atoms with van der Waals surface area (Å²) in [5.41, 5.74) is 4.89. The van der Waals surface area contributed by atoms with Gasteiger partial charge in [-0.05, 0) is 17.3 Å². The molecule has 6 heteroatoms. The summed E-state index contributed by atoms with van der Waals surface area (Å²) in [4.78, 5) is 25.1. The fraction of sp³-hybridized carbons (Fsp3) is 0. The minimum absolute atomic E-state index is 0.00981. The highest BCUT2D eigenvalue weighted by atomic mass is 16.3. The van der Waals surface area contributed by atoms with Crippen LogP contribution in [-0.2, 0) is 0 Å². The van der Waals surface area contributed by atoms with Gasteiger partial charge in [-0.3, -0.25) is 9.20 Å². The van der Waals surface area contributed by atoms with Gasteiger partial charge < -0.3 is 5.73 Å². The standard InChI is InChI=1S/C8H6N4O2/c9-7-6(11-14)8(13)10-5-3-1-2-4-12(5)7/h1-4H,9H2. The second kappa shape index (κ2) is 2.91. The first-order chi connectivity index (χ1) is 6.74. The van der Waals surface area contributed by atoms with E-state index in [4.69, 9.17) is 5.73 Å². The van der Waals surface area contributed by atoms with Crippen LogP contribution in [0.5, 0.6) is 0 Å². The minimum atomic E-state index is -0.705. The monoisotopic (exact) mass is 190 g/mol. The van der Waals surface area contributed by atoms with Crippen LogP contribution in [0.1, 0.15) is 0 Å². The zero-order valence-corrected chi connectivity index (χ0v) is 7.04. The summed E-state index contributed by atoms with van der Waals surface area (Å²) in [5.74, 6) is 0.00981. The van der Waals surface area contributed by atoms with Crippen molar-refractivity contribution in [1.29, 1.82) is 0 Å². The first-order valence-corrected chi connectivity index (χ1v) is 3.84. The maximum Gasteiger partial charge on any atom is 0.304 e. The Morgan fingerprint density at radius 2 is 2.21 bits per heavy atom. The molecule has 14 heavy (non-hydrogen) atoms. The Kier molecular flexibility index (Phi) is 1.74. The number of pyridine rings is 1. The Hall–Kier alpha value is -2.24. The van der Waals surface area contributed by atoms with Crippen LogP contribution in [0.4, 0.5) is 11.5 Å². The number of aromatic nitrogens is 2. The van der Waals surface area contributed by atoms with E-state index in [1.165, 1.54) is 4.40 Å². The Morgan fingerprint density at radius 1 is 1.43 bits per heavy atom. The number of fused-ring (bicyclic) bond motifs is 1. The number of nitrogen functional groups attached to an aromatic ring is 1. The van der Waals surface area contributed by atoms with Crippen LogP contribution in [0.3, 0.4) is 0 Å². The Labute approximate surface area is 78.0 Å². The molecule has 2 aromatic heterocycles. The molecule has 0 amide bonds. The van der Waals surface area contributed by atoms with Crippen molar-refractivity contribution >= 4 is 17.2 Å². The molecule has 0 aromatic carbocycles. The quantitative estimate of drug-likeness (QED) is 0.669. The highest BCUT2D eigenvalue weighted by Crippen LogP contribution is 2.16. The van der Waals surface area contributed by atoms with Crippen molar-refractivity contribution in [2.45, 2.75) is 0 Å². The van der Waals surface area contributed by atoms with E-state index in [0.717, 1.165) is 0 Å². The molecule has 0 atom stereocenters. The molecule has 2 heterocycles. The second-order valence-corrected chi connectivity index (χ2v) is 2.67. The zero-order chi connectivity index (χ0) is 10.1. The lowest BCUT2D eigenvalue weighted by molar-refractivity contribution is 1.08. The maximum atomic E-state index is 11.2. The van der Waals surface area contributed by atoms with Crippen LogP contribution >= 0.6 is 0 Å². The second-order valence-electron chi connectivity index (χ2n) is 2.67. The SMILES string of the molecule is Nc1c(N=O)c(=O)nc2ccccn12. The van der Waals surface area contributed by atoms with E-state index in [9.17, 15) is 9.70 Å². The number of rotatable bonds is 1. The van der Waals surface area contributed by atoms with Crippen molar-refractivity contribution < 1.29 is 0 Å². The van der Waals surface area contributed by atoms with E-state index in [-0.39, 0.29) is 11.5 Å². The largest absolute Gasteiger partial charge is 0.383 e. The average molecular weight is 190 g/mol. The van der Waals surface area contributed by atoms with Crippen molar-refractivity contribution in [3.05, 3.63) is 39.7 Å². The molecule has 2 rings (SSSR count). The molecule has 0 aliphatic rings. The van der Waals surface area contributed by atoms with Crippen molar-refractivity contribution in [3.8, 4) is 0 Å². The van der Waals surface area contributed by atoms with E-state index in [0.29, 0.717) is 5.65 Å². The van der Waals surface area contributed by atoms with Gasteiger partial charge in [0, 0.05) is 6.20 Å². The van der Waals surface area contributed by atoms with Gasteiger partial charge in [-0.1, -0.05) is 6.07 Å². The lowest BCUT2D eigenvalue weighted by atomic mass is 10.4. The van der Waals surface area contributed by atoms with E-state index in [1.807, 2.05) is 0 Å². The van der Waals surface area contributed by atoms with Crippen LogP contribution in [0, 0.1) is 4.91 Å². The van der Waals surface area contributed by atoms with E-state index in [2.05, 4.69) is 10.2 Å². The van der Waals surface area contributed by atoms with Gasteiger partial charge in [0.15, 0.2) is 0 Å². The lowest BCUT2D eigenvalue weighted by Crippen LogP contribution is -2.12. The molecule has 0 saturated carbocycles. The van der Waals surface area contributed by atoms with Gasteiger partial charge in [0.05, 0.1) is 0 Å². The third-order valence-corrected chi connectivity index (χ3v) is 1.85. The number of hydrogen-bond donors (Lipinski definition) is 1. The van der Waals surface area contributed by atoms with Crippen molar-refractivity contribution in [2.75, 3.05) is 5.73 Å². The average Bonchev–Trinajstić information content (AvgIpc) is 2.18. The van der Waals surface area contributed by atoms with Gasteiger partial charge in [-0.2, -0.15) is 4.98 Å². The van der Waals surface area contributed by atoms with Gasteiger partial charge in [-0.15, -0.1) is 4.91 Å². The summed E-state index contributed by atoms with van der Waals surface area (Å²) in [7, 11) is 0. The summed E-state index contributed by atoms with van der Waals surface area (Å²) < 4.78 is 1.43. The molecule has 70 valence electrons. The molecule has 0 unspecified atom stereocenters. The predicted molar refractivity (Wildman–Crippen MR) is 51.3 cm³/mol. The van der Waals surface area contributed by atoms with Crippen LogP contribution in [0.2, 0.25) is 0 Å². The van der Waals surface area contributed by atoms with E-state index in [1.54, 1.807) is 24.4 Å². The van der Waals surface area contributed by atoms with Crippen LogP contribution in [0.25, 0.3) is 5.65 Å². The van der Waals surface area contributed by atoms with Crippen LogP contribution in [-0.4, -0.2) is 9.38 Å². The lowest BCUT2D eigenvalue weighted by Gasteiger charge is -2.03. The molecule has 0 saturated heterocycles. The fourth-order valence-electron chi connectivity index (χ4n) is 1.20. The zero-order valence-electron chi connectivity index (χ0n) is 7.04.